The number of carbonyl (C=O) groups excluding carboxylic acids is 2. The van der Waals surface area contributed by atoms with Crippen molar-refractivity contribution in [2.75, 3.05) is 7.05 Å². The van der Waals surface area contributed by atoms with Gasteiger partial charge in [0.15, 0.2) is 0 Å². The van der Waals surface area contributed by atoms with Crippen molar-refractivity contribution in [1.29, 1.82) is 0 Å². The van der Waals surface area contributed by atoms with E-state index >= 15 is 0 Å². The van der Waals surface area contributed by atoms with Crippen molar-refractivity contribution in [3.63, 3.8) is 0 Å². The fourth-order valence-electron chi connectivity index (χ4n) is 1.79. The van der Waals surface area contributed by atoms with Crippen LogP contribution in [-0.4, -0.2) is 38.2 Å². The molecule has 1 aliphatic rings. The Bertz CT molecular complexity index is 692. The first-order valence-corrected chi connectivity index (χ1v) is 7.78. The maximum absolute atomic E-state index is 13.7. The molecule has 6 nitrogen and oxygen atoms in total. The van der Waals surface area contributed by atoms with E-state index in [9.17, 15) is 22.4 Å². The molecule has 2 amide bonds. The van der Waals surface area contributed by atoms with Crippen LogP contribution in [0, 0.1) is 5.82 Å². The number of nitrogens with one attached hydrogen (secondary N) is 1. The normalized spacial score (nSPS) is 19.8. The molecule has 1 heterocycles. The molecular weight excluding hydrogens is 355 g/mol. The molecule has 1 saturated heterocycles. The molecule has 0 bridgehead atoms. The van der Waals surface area contributed by atoms with Gasteiger partial charge in [-0.25, -0.2) is 12.8 Å². The lowest BCUT2D eigenvalue weighted by atomic mass is 10.3. The molecule has 108 valence electrons. The number of hydrogen-bond acceptors (Lipinski definition) is 4. The van der Waals surface area contributed by atoms with Gasteiger partial charge in [-0.3, -0.25) is 14.5 Å². The molecule has 2 rings (SSSR count). The van der Waals surface area contributed by atoms with Gasteiger partial charge in [0.05, 0.1) is 6.42 Å². The molecule has 0 aromatic heterocycles. The van der Waals surface area contributed by atoms with Crippen LogP contribution in [0.3, 0.4) is 0 Å². The number of sulfonamides is 1. The minimum Gasteiger partial charge on any atom is -0.284 e. The van der Waals surface area contributed by atoms with Crippen LogP contribution in [0.15, 0.2) is 27.6 Å². The van der Waals surface area contributed by atoms with Crippen molar-refractivity contribution in [2.45, 2.75) is 17.4 Å². The second kappa shape index (κ2) is 5.23. The summed E-state index contributed by atoms with van der Waals surface area (Å²) in [5.41, 5.74) is 0. The van der Waals surface area contributed by atoms with E-state index in [1.54, 1.807) is 0 Å². The highest BCUT2D eigenvalue weighted by atomic mass is 79.9. The van der Waals surface area contributed by atoms with Gasteiger partial charge in [0, 0.05) is 11.5 Å². The van der Waals surface area contributed by atoms with Gasteiger partial charge in [0.25, 0.3) is 0 Å². The summed E-state index contributed by atoms with van der Waals surface area (Å²) >= 11 is 3.02. The molecule has 0 saturated carbocycles. The SMILES string of the molecule is CN1C(=O)CC(NS(=O)(=O)c2ccc(Br)cc2F)C1=O. The number of imide groups is 1. The quantitative estimate of drug-likeness (QED) is 0.797. The number of benzene rings is 1. The zero-order valence-corrected chi connectivity index (χ0v) is 12.7. The van der Waals surface area contributed by atoms with Gasteiger partial charge in [-0.15, -0.1) is 0 Å². The number of amides is 2. The molecule has 0 aliphatic carbocycles. The molecule has 1 fully saturated rings. The standard InChI is InChI=1S/C11H10BrFN2O4S/c1-15-10(16)5-8(11(15)17)14-20(18,19)9-3-2-6(12)4-7(9)13/h2-4,8,14H,5H2,1H3. The Hall–Kier alpha value is -1.32. The van der Waals surface area contributed by atoms with Gasteiger partial charge in [0.1, 0.15) is 16.8 Å². The third-order valence-corrected chi connectivity index (χ3v) is 4.86. The van der Waals surface area contributed by atoms with Crippen molar-refractivity contribution in [1.82, 2.24) is 9.62 Å². The van der Waals surface area contributed by atoms with E-state index < -0.39 is 38.6 Å². The van der Waals surface area contributed by atoms with Gasteiger partial charge in [-0.05, 0) is 18.2 Å². The van der Waals surface area contributed by atoms with E-state index in [-0.39, 0.29) is 6.42 Å². The van der Waals surface area contributed by atoms with Crippen LogP contribution >= 0.6 is 15.9 Å². The van der Waals surface area contributed by atoms with Crippen molar-refractivity contribution in [3.05, 3.63) is 28.5 Å². The average molecular weight is 365 g/mol. The third-order valence-electron chi connectivity index (χ3n) is 2.86. The molecule has 1 atom stereocenters. The molecule has 0 radical (unpaired) electrons. The lowest BCUT2D eigenvalue weighted by Crippen LogP contribution is -2.40. The first-order chi connectivity index (χ1) is 9.22. The molecule has 1 unspecified atom stereocenters. The second-order valence-corrected chi connectivity index (χ2v) is 6.84. The Kier molecular flexibility index (Phi) is 3.94. The number of rotatable bonds is 3. The lowest BCUT2D eigenvalue weighted by molar-refractivity contribution is -0.137. The summed E-state index contributed by atoms with van der Waals surface area (Å²) in [6.45, 7) is 0. The molecule has 1 aromatic rings. The highest BCUT2D eigenvalue weighted by molar-refractivity contribution is 9.10. The summed E-state index contributed by atoms with van der Waals surface area (Å²) in [6.07, 6.45) is -0.271. The lowest BCUT2D eigenvalue weighted by Gasteiger charge is -2.12. The third kappa shape index (κ3) is 2.74. The maximum Gasteiger partial charge on any atom is 0.247 e. The minimum atomic E-state index is -4.22. The first kappa shape index (κ1) is 15.1. The molecule has 1 aromatic carbocycles. The summed E-state index contributed by atoms with van der Waals surface area (Å²) in [4.78, 5) is 23.2. The highest BCUT2D eigenvalue weighted by Gasteiger charge is 2.39. The van der Waals surface area contributed by atoms with E-state index in [2.05, 4.69) is 15.9 Å². The predicted molar refractivity (Wildman–Crippen MR) is 70.6 cm³/mol. The van der Waals surface area contributed by atoms with Gasteiger partial charge < -0.3 is 0 Å². The first-order valence-electron chi connectivity index (χ1n) is 5.50. The van der Waals surface area contributed by atoms with Crippen LogP contribution in [-0.2, 0) is 19.6 Å². The topological polar surface area (TPSA) is 83.6 Å². The van der Waals surface area contributed by atoms with Crippen LogP contribution in [0.5, 0.6) is 0 Å². The highest BCUT2D eigenvalue weighted by Crippen LogP contribution is 2.21. The van der Waals surface area contributed by atoms with Crippen molar-refractivity contribution in [3.8, 4) is 0 Å². The Morgan fingerprint density at radius 1 is 1.40 bits per heavy atom. The average Bonchev–Trinajstić information content (AvgIpc) is 2.56. The van der Waals surface area contributed by atoms with Gasteiger partial charge in [0.2, 0.25) is 21.8 Å². The van der Waals surface area contributed by atoms with Crippen LogP contribution in [0.1, 0.15) is 6.42 Å². The number of halogens is 2. The van der Waals surface area contributed by atoms with Crippen molar-refractivity contribution in [2.24, 2.45) is 0 Å². The van der Waals surface area contributed by atoms with Gasteiger partial charge >= 0.3 is 0 Å². The Labute approximate surface area is 123 Å². The molecule has 9 heteroatoms. The number of carbonyl (C=O) groups is 2. The summed E-state index contributed by atoms with van der Waals surface area (Å²) in [6, 6.07) is 2.25. The zero-order chi connectivity index (χ0) is 15.1. The van der Waals surface area contributed by atoms with Crippen molar-refractivity contribution >= 4 is 37.8 Å². The zero-order valence-electron chi connectivity index (χ0n) is 10.3. The predicted octanol–water partition coefficient (Wildman–Crippen LogP) is 0.624. The molecule has 1 aliphatic heterocycles. The number of likely N-dealkylation sites (tertiary alicyclic amines) is 1. The summed E-state index contributed by atoms with van der Waals surface area (Å²) in [7, 11) is -2.95. The fourth-order valence-corrected chi connectivity index (χ4v) is 3.37. The molecule has 1 N–H and O–H groups in total. The second-order valence-electron chi connectivity index (χ2n) is 4.24. The molecule has 0 spiro atoms. The molecule has 20 heavy (non-hydrogen) atoms. The van der Waals surface area contributed by atoms with E-state index in [0.717, 1.165) is 17.0 Å². The number of likely N-dealkylation sites (N-methyl/N-ethyl adjacent to an activating group) is 1. The Morgan fingerprint density at radius 2 is 2.05 bits per heavy atom. The summed E-state index contributed by atoms with van der Waals surface area (Å²) in [5.74, 6) is -2.09. The number of nitrogens with zero attached hydrogens (tertiary/aromatic N) is 1. The monoisotopic (exact) mass is 364 g/mol. The summed E-state index contributed by atoms with van der Waals surface area (Å²) < 4.78 is 40.2. The van der Waals surface area contributed by atoms with E-state index in [0.29, 0.717) is 4.47 Å². The minimum absolute atomic E-state index is 0.271. The van der Waals surface area contributed by atoms with Crippen LogP contribution in [0.2, 0.25) is 0 Å². The Morgan fingerprint density at radius 3 is 2.55 bits per heavy atom. The van der Waals surface area contributed by atoms with Gasteiger partial charge in [-0.2, -0.15) is 4.72 Å². The van der Waals surface area contributed by atoms with Crippen LogP contribution in [0.4, 0.5) is 4.39 Å². The number of hydrogen-bond donors (Lipinski definition) is 1. The smallest absolute Gasteiger partial charge is 0.247 e. The van der Waals surface area contributed by atoms with Crippen molar-refractivity contribution < 1.29 is 22.4 Å². The fraction of sp³-hybridized carbons (Fsp3) is 0.273. The maximum atomic E-state index is 13.7. The van der Waals surface area contributed by atoms with Crippen LogP contribution < -0.4 is 4.72 Å². The van der Waals surface area contributed by atoms with Gasteiger partial charge in [-0.1, -0.05) is 15.9 Å². The van der Waals surface area contributed by atoms with Crippen LogP contribution in [0.25, 0.3) is 0 Å². The Balaban J connectivity index is 2.28. The largest absolute Gasteiger partial charge is 0.284 e. The van der Waals surface area contributed by atoms with E-state index in [1.807, 2.05) is 4.72 Å². The van der Waals surface area contributed by atoms with E-state index in [1.165, 1.54) is 13.1 Å². The van der Waals surface area contributed by atoms with E-state index in [4.69, 9.17) is 0 Å². The summed E-state index contributed by atoms with van der Waals surface area (Å²) in [5, 5.41) is 0. The molecular formula is C11H10BrFN2O4S.